The van der Waals surface area contributed by atoms with Crippen molar-refractivity contribution in [3.05, 3.63) is 59.7 Å². The summed E-state index contributed by atoms with van der Waals surface area (Å²) in [5, 5.41) is 8.61. The van der Waals surface area contributed by atoms with Crippen LogP contribution < -0.4 is 16.0 Å². The van der Waals surface area contributed by atoms with E-state index in [1.165, 1.54) is 0 Å². The van der Waals surface area contributed by atoms with Gasteiger partial charge in [0.25, 0.3) is 5.91 Å². The molecule has 0 saturated heterocycles. The van der Waals surface area contributed by atoms with Gasteiger partial charge in [-0.25, -0.2) is 0 Å². The number of nitrogens with one attached hydrogen (secondary N) is 3. The number of hydrogen-bond acceptors (Lipinski definition) is 4. The van der Waals surface area contributed by atoms with Gasteiger partial charge in [0, 0.05) is 30.6 Å². The first-order valence-corrected chi connectivity index (χ1v) is 8.06. The monoisotopic (exact) mass is 341 g/mol. The first-order chi connectivity index (χ1) is 12.1. The quantitative estimate of drug-likeness (QED) is 0.644. The van der Waals surface area contributed by atoms with Crippen LogP contribution in [0.25, 0.3) is 0 Å². The Morgan fingerprint density at radius 1 is 1.04 bits per heavy atom. The fourth-order valence-electron chi connectivity index (χ4n) is 2.25. The number of rotatable bonds is 8. The van der Waals surface area contributed by atoms with Crippen LogP contribution in [0.3, 0.4) is 0 Å². The Kier molecular flexibility index (Phi) is 6.98. The average Bonchev–Trinajstić information content (AvgIpc) is 2.60. The predicted octanol–water partition coefficient (Wildman–Crippen LogP) is 2.42. The highest BCUT2D eigenvalue weighted by Gasteiger charge is 2.07. The van der Waals surface area contributed by atoms with Crippen LogP contribution in [0, 0.1) is 6.92 Å². The average molecular weight is 341 g/mol. The van der Waals surface area contributed by atoms with Crippen molar-refractivity contribution in [2.75, 3.05) is 37.4 Å². The van der Waals surface area contributed by atoms with Crippen molar-refractivity contribution < 1.29 is 14.3 Å². The van der Waals surface area contributed by atoms with Gasteiger partial charge >= 0.3 is 0 Å². The maximum Gasteiger partial charge on any atom is 0.251 e. The van der Waals surface area contributed by atoms with E-state index in [-0.39, 0.29) is 18.4 Å². The summed E-state index contributed by atoms with van der Waals surface area (Å²) >= 11 is 0. The van der Waals surface area contributed by atoms with Crippen LogP contribution in [0.5, 0.6) is 0 Å². The van der Waals surface area contributed by atoms with Gasteiger partial charge in [-0.3, -0.25) is 9.59 Å². The van der Waals surface area contributed by atoms with Crippen molar-refractivity contribution in [3.63, 3.8) is 0 Å². The molecule has 0 spiro atoms. The zero-order valence-corrected chi connectivity index (χ0v) is 14.5. The molecule has 3 N–H and O–H groups in total. The van der Waals surface area contributed by atoms with Crippen molar-refractivity contribution in [1.29, 1.82) is 0 Å². The highest BCUT2D eigenvalue weighted by atomic mass is 16.5. The van der Waals surface area contributed by atoms with E-state index >= 15 is 0 Å². The molecule has 0 saturated carbocycles. The molecule has 0 unspecified atom stereocenters. The molecular formula is C19H23N3O3. The summed E-state index contributed by atoms with van der Waals surface area (Å²) in [7, 11) is 1.58. The van der Waals surface area contributed by atoms with Crippen molar-refractivity contribution in [3.8, 4) is 0 Å². The number of carbonyl (C=O) groups excluding carboxylic acids is 2. The van der Waals surface area contributed by atoms with Gasteiger partial charge in [-0.2, -0.15) is 0 Å². The topological polar surface area (TPSA) is 79.5 Å². The lowest BCUT2D eigenvalue weighted by Gasteiger charge is -2.10. The molecule has 0 aliphatic rings. The van der Waals surface area contributed by atoms with E-state index in [2.05, 4.69) is 16.0 Å². The minimum atomic E-state index is -0.176. The molecule has 0 fully saturated rings. The number of benzene rings is 2. The third kappa shape index (κ3) is 6.27. The Bertz CT molecular complexity index is 731. The second kappa shape index (κ2) is 9.44. The molecule has 0 radical (unpaired) electrons. The number of ether oxygens (including phenoxy) is 1. The molecule has 6 heteroatoms. The largest absolute Gasteiger partial charge is 0.383 e. The predicted molar refractivity (Wildman–Crippen MR) is 98.9 cm³/mol. The molecule has 0 atom stereocenters. The van der Waals surface area contributed by atoms with Gasteiger partial charge < -0.3 is 20.7 Å². The Balaban J connectivity index is 1.87. The highest BCUT2D eigenvalue weighted by Crippen LogP contribution is 2.12. The zero-order valence-electron chi connectivity index (χ0n) is 14.5. The zero-order chi connectivity index (χ0) is 18.1. The minimum Gasteiger partial charge on any atom is -0.383 e. The second-order valence-electron chi connectivity index (χ2n) is 5.60. The van der Waals surface area contributed by atoms with Crippen LogP contribution in [-0.2, 0) is 9.53 Å². The fraction of sp³-hybridized carbons (Fsp3) is 0.263. The summed E-state index contributed by atoms with van der Waals surface area (Å²) in [6.45, 7) is 2.99. The summed E-state index contributed by atoms with van der Waals surface area (Å²) in [5.74, 6) is -0.328. The molecule has 0 heterocycles. The van der Waals surface area contributed by atoms with Crippen LogP contribution in [0.1, 0.15) is 15.9 Å². The maximum atomic E-state index is 12.0. The molecule has 132 valence electrons. The molecular weight excluding hydrogens is 318 g/mol. The van der Waals surface area contributed by atoms with Crippen LogP contribution in [0.15, 0.2) is 48.5 Å². The van der Waals surface area contributed by atoms with Gasteiger partial charge in [-0.1, -0.05) is 18.2 Å². The summed E-state index contributed by atoms with van der Waals surface area (Å²) in [6, 6.07) is 14.6. The second-order valence-corrected chi connectivity index (χ2v) is 5.60. The van der Waals surface area contributed by atoms with Crippen LogP contribution in [0.2, 0.25) is 0 Å². The molecule has 0 aliphatic heterocycles. The highest BCUT2D eigenvalue weighted by molar-refractivity contribution is 5.96. The first kappa shape index (κ1) is 18.5. The first-order valence-electron chi connectivity index (χ1n) is 8.06. The lowest BCUT2D eigenvalue weighted by Crippen LogP contribution is -2.27. The molecule has 0 bridgehead atoms. The molecule has 0 aromatic heterocycles. The van der Waals surface area contributed by atoms with E-state index in [0.29, 0.717) is 24.4 Å². The Morgan fingerprint density at radius 2 is 1.80 bits per heavy atom. The van der Waals surface area contributed by atoms with Gasteiger partial charge in [0.15, 0.2) is 0 Å². The Hall–Kier alpha value is -2.86. The number of methoxy groups -OCH3 is 1. The van der Waals surface area contributed by atoms with E-state index in [4.69, 9.17) is 4.74 Å². The number of aryl methyl sites for hydroxylation is 1. The van der Waals surface area contributed by atoms with E-state index in [9.17, 15) is 9.59 Å². The van der Waals surface area contributed by atoms with E-state index in [0.717, 1.165) is 11.3 Å². The number of hydrogen-bond donors (Lipinski definition) is 3. The summed E-state index contributed by atoms with van der Waals surface area (Å²) in [6.07, 6.45) is 0. The molecule has 2 amide bonds. The van der Waals surface area contributed by atoms with Gasteiger partial charge in [-0.15, -0.1) is 0 Å². The molecule has 2 rings (SSSR count). The standard InChI is InChI=1S/C19H23N3O3/c1-14-5-3-8-17(11-14)22-18(23)13-21-16-7-4-6-15(12-16)19(24)20-9-10-25-2/h3-8,11-12,21H,9-10,13H2,1-2H3,(H,20,24)(H,22,23). The summed E-state index contributed by atoms with van der Waals surface area (Å²) in [4.78, 5) is 24.0. The van der Waals surface area contributed by atoms with E-state index in [1.54, 1.807) is 25.3 Å². The van der Waals surface area contributed by atoms with E-state index < -0.39 is 0 Å². The SMILES string of the molecule is COCCNC(=O)c1cccc(NCC(=O)Nc2cccc(C)c2)c1. The number of anilines is 2. The van der Waals surface area contributed by atoms with Gasteiger partial charge in [0.2, 0.25) is 5.91 Å². The maximum absolute atomic E-state index is 12.0. The lowest BCUT2D eigenvalue weighted by atomic mass is 10.2. The smallest absolute Gasteiger partial charge is 0.251 e. The summed E-state index contributed by atoms with van der Waals surface area (Å²) < 4.78 is 4.90. The van der Waals surface area contributed by atoms with Crippen molar-refractivity contribution in [1.82, 2.24) is 5.32 Å². The van der Waals surface area contributed by atoms with Gasteiger partial charge in [0.1, 0.15) is 0 Å². The molecule has 2 aromatic carbocycles. The molecule has 0 aliphatic carbocycles. The molecule has 25 heavy (non-hydrogen) atoms. The van der Waals surface area contributed by atoms with Crippen molar-refractivity contribution in [2.45, 2.75) is 6.92 Å². The third-order valence-electron chi connectivity index (χ3n) is 3.47. The minimum absolute atomic E-state index is 0.114. The normalized spacial score (nSPS) is 10.2. The lowest BCUT2D eigenvalue weighted by molar-refractivity contribution is -0.114. The van der Waals surface area contributed by atoms with Crippen molar-refractivity contribution >= 4 is 23.2 Å². The van der Waals surface area contributed by atoms with Gasteiger partial charge in [-0.05, 0) is 42.8 Å². The van der Waals surface area contributed by atoms with Crippen LogP contribution in [-0.4, -0.2) is 38.6 Å². The number of amides is 2. The van der Waals surface area contributed by atoms with Crippen LogP contribution in [0.4, 0.5) is 11.4 Å². The molecule has 2 aromatic rings. The third-order valence-corrected chi connectivity index (χ3v) is 3.47. The van der Waals surface area contributed by atoms with Crippen molar-refractivity contribution in [2.24, 2.45) is 0 Å². The number of carbonyl (C=O) groups is 2. The van der Waals surface area contributed by atoms with Crippen LogP contribution >= 0.6 is 0 Å². The Labute approximate surface area is 147 Å². The Morgan fingerprint density at radius 3 is 2.56 bits per heavy atom. The molecule has 6 nitrogen and oxygen atoms in total. The fourth-order valence-corrected chi connectivity index (χ4v) is 2.25. The van der Waals surface area contributed by atoms with E-state index in [1.807, 2.05) is 37.3 Å². The van der Waals surface area contributed by atoms with Gasteiger partial charge in [0.05, 0.1) is 13.2 Å². The summed E-state index contributed by atoms with van der Waals surface area (Å²) in [5.41, 5.74) is 3.08.